The van der Waals surface area contributed by atoms with Crippen molar-refractivity contribution < 1.29 is 0 Å². The Kier molecular flexibility index (Phi) is 3.57. The van der Waals surface area contributed by atoms with Gasteiger partial charge in [-0.25, -0.2) is 9.67 Å². The first-order valence-corrected chi connectivity index (χ1v) is 8.82. The largest absolute Gasteiger partial charge is 0.307 e. The molecule has 0 amide bonds. The number of hydrogen-bond acceptors (Lipinski definition) is 5. The molecule has 0 N–H and O–H groups in total. The van der Waals surface area contributed by atoms with Crippen molar-refractivity contribution in [3.63, 3.8) is 0 Å². The van der Waals surface area contributed by atoms with Crippen LogP contribution in [0.15, 0.2) is 64.6 Å². The molecular formula is C19H15ClN6. The fourth-order valence-electron chi connectivity index (χ4n) is 3.26. The Bertz CT molecular complexity index is 1020. The summed E-state index contributed by atoms with van der Waals surface area (Å²) in [4.78, 5) is 11.6. The van der Waals surface area contributed by atoms with Gasteiger partial charge >= 0.3 is 0 Å². The summed E-state index contributed by atoms with van der Waals surface area (Å²) in [5, 5.41) is 9.38. The normalized spacial score (nSPS) is 15.3. The summed E-state index contributed by atoms with van der Waals surface area (Å²) in [7, 11) is 0. The van der Waals surface area contributed by atoms with Crippen LogP contribution in [0.3, 0.4) is 0 Å². The zero-order chi connectivity index (χ0) is 17.5. The van der Waals surface area contributed by atoms with E-state index in [2.05, 4.69) is 32.3 Å². The molecule has 0 bridgehead atoms. The highest BCUT2D eigenvalue weighted by atomic mass is 35.5. The molecule has 2 aliphatic rings. The zero-order valence-corrected chi connectivity index (χ0v) is 14.6. The van der Waals surface area contributed by atoms with E-state index in [0.29, 0.717) is 11.6 Å². The molecule has 0 saturated heterocycles. The lowest BCUT2D eigenvalue weighted by Crippen LogP contribution is -2.38. The first kappa shape index (κ1) is 15.3. The molecule has 0 spiro atoms. The summed E-state index contributed by atoms with van der Waals surface area (Å²) < 4.78 is 1.83. The standard InChI is InChI=1S/C19H15ClN6/c20-15-8-6-14(7-9-15)17-22-19-16(18-21-10-11-25(17)18)23-24-26(19)12-13-4-2-1-3-5-13/h1-9H,10-12H2. The van der Waals surface area contributed by atoms with Crippen LogP contribution in [-0.4, -0.2) is 44.7 Å². The van der Waals surface area contributed by atoms with E-state index in [4.69, 9.17) is 16.6 Å². The van der Waals surface area contributed by atoms with Gasteiger partial charge in [-0.3, -0.25) is 4.99 Å². The number of nitrogens with zero attached hydrogens (tertiary/aromatic N) is 6. The SMILES string of the molecule is Clc1ccc(C2=Nc3c(nnn3Cc3ccccc3)C3=NCCN23)cc1. The summed E-state index contributed by atoms with van der Waals surface area (Å²) >= 11 is 6.04. The van der Waals surface area contributed by atoms with Gasteiger partial charge in [-0.05, 0) is 29.8 Å². The highest BCUT2D eigenvalue weighted by molar-refractivity contribution is 6.30. The summed E-state index contributed by atoms with van der Waals surface area (Å²) in [5.74, 6) is 2.46. The number of benzene rings is 2. The summed E-state index contributed by atoms with van der Waals surface area (Å²) in [6.07, 6.45) is 0. The van der Waals surface area contributed by atoms with Gasteiger partial charge in [0.25, 0.3) is 0 Å². The number of aromatic nitrogens is 3. The molecule has 0 fully saturated rings. The van der Waals surface area contributed by atoms with Gasteiger partial charge in [0, 0.05) is 17.1 Å². The van der Waals surface area contributed by atoms with Crippen LogP contribution < -0.4 is 0 Å². The molecule has 0 aliphatic carbocycles. The van der Waals surface area contributed by atoms with Crippen molar-refractivity contribution in [2.24, 2.45) is 9.98 Å². The molecule has 0 atom stereocenters. The molecule has 0 radical (unpaired) electrons. The maximum Gasteiger partial charge on any atom is 0.184 e. The number of amidine groups is 2. The van der Waals surface area contributed by atoms with Crippen LogP contribution >= 0.6 is 11.6 Å². The monoisotopic (exact) mass is 362 g/mol. The topological polar surface area (TPSA) is 58.7 Å². The van der Waals surface area contributed by atoms with Crippen LogP contribution in [0.25, 0.3) is 0 Å². The van der Waals surface area contributed by atoms with E-state index in [1.165, 1.54) is 0 Å². The first-order valence-electron chi connectivity index (χ1n) is 8.44. The quantitative estimate of drug-likeness (QED) is 0.719. The van der Waals surface area contributed by atoms with Gasteiger partial charge in [0.05, 0.1) is 13.1 Å². The molecular weight excluding hydrogens is 348 g/mol. The van der Waals surface area contributed by atoms with E-state index in [-0.39, 0.29) is 0 Å². The van der Waals surface area contributed by atoms with Gasteiger partial charge in [0.2, 0.25) is 0 Å². The molecule has 128 valence electrons. The van der Waals surface area contributed by atoms with Crippen LogP contribution in [0.2, 0.25) is 5.02 Å². The van der Waals surface area contributed by atoms with E-state index in [0.717, 1.165) is 47.4 Å². The molecule has 5 rings (SSSR count). The number of fused-ring (bicyclic) bond motifs is 3. The number of halogens is 1. The molecule has 0 unspecified atom stereocenters. The van der Waals surface area contributed by atoms with Crippen LogP contribution in [0.5, 0.6) is 0 Å². The first-order chi connectivity index (χ1) is 12.8. The van der Waals surface area contributed by atoms with E-state index in [9.17, 15) is 0 Å². The Morgan fingerprint density at radius 1 is 0.962 bits per heavy atom. The van der Waals surface area contributed by atoms with Crippen LogP contribution in [0.4, 0.5) is 5.82 Å². The Morgan fingerprint density at radius 3 is 2.58 bits per heavy atom. The lowest BCUT2D eigenvalue weighted by atomic mass is 10.1. The lowest BCUT2D eigenvalue weighted by molar-refractivity contribution is 0.646. The maximum atomic E-state index is 6.04. The van der Waals surface area contributed by atoms with Crippen molar-refractivity contribution in [1.29, 1.82) is 0 Å². The summed E-state index contributed by atoms with van der Waals surface area (Å²) in [6.45, 7) is 2.14. The van der Waals surface area contributed by atoms with Crippen molar-refractivity contribution in [3.05, 3.63) is 76.4 Å². The van der Waals surface area contributed by atoms with Gasteiger partial charge in [-0.2, -0.15) is 0 Å². The molecule has 26 heavy (non-hydrogen) atoms. The zero-order valence-electron chi connectivity index (χ0n) is 13.9. The predicted octanol–water partition coefficient (Wildman–Crippen LogP) is 3.13. The fourth-order valence-corrected chi connectivity index (χ4v) is 3.39. The highest BCUT2D eigenvalue weighted by Gasteiger charge is 2.34. The van der Waals surface area contributed by atoms with E-state index < -0.39 is 0 Å². The Hall–Kier alpha value is -2.99. The Balaban J connectivity index is 1.61. The van der Waals surface area contributed by atoms with Crippen molar-refractivity contribution in [2.75, 3.05) is 13.1 Å². The van der Waals surface area contributed by atoms with Gasteiger partial charge < -0.3 is 4.90 Å². The fraction of sp³-hybridized carbons (Fsp3) is 0.158. The molecule has 2 aromatic carbocycles. The van der Waals surface area contributed by atoms with Crippen molar-refractivity contribution in [1.82, 2.24) is 19.9 Å². The van der Waals surface area contributed by atoms with Gasteiger partial charge in [-0.15, -0.1) is 5.10 Å². The second-order valence-corrected chi connectivity index (χ2v) is 6.64. The van der Waals surface area contributed by atoms with E-state index in [1.54, 1.807) is 0 Å². The lowest BCUT2D eigenvalue weighted by Gasteiger charge is -2.25. The molecule has 1 aromatic heterocycles. The van der Waals surface area contributed by atoms with Gasteiger partial charge in [0.1, 0.15) is 5.84 Å². The predicted molar refractivity (Wildman–Crippen MR) is 101 cm³/mol. The van der Waals surface area contributed by atoms with Crippen LogP contribution in [0, 0.1) is 0 Å². The molecule has 7 heteroatoms. The average molecular weight is 363 g/mol. The average Bonchev–Trinajstić information content (AvgIpc) is 3.30. The summed E-state index contributed by atoms with van der Waals surface area (Å²) in [5.41, 5.74) is 2.90. The summed E-state index contributed by atoms with van der Waals surface area (Å²) in [6, 6.07) is 17.9. The number of aliphatic imine (C=N–C) groups is 2. The third kappa shape index (κ3) is 2.50. The second kappa shape index (κ2) is 6.07. The number of hydrogen-bond donors (Lipinski definition) is 0. The molecule has 2 aliphatic heterocycles. The molecule has 0 saturated carbocycles. The highest BCUT2D eigenvalue weighted by Crippen LogP contribution is 2.29. The minimum Gasteiger partial charge on any atom is -0.307 e. The van der Waals surface area contributed by atoms with Crippen molar-refractivity contribution >= 4 is 29.1 Å². The maximum absolute atomic E-state index is 6.04. The Morgan fingerprint density at radius 2 is 1.77 bits per heavy atom. The minimum absolute atomic E-state index is 0.619. The molecule has 3 aromatic rings. The third-order valence-corrected chi connectivity index (χ3v) is 4.76. The van der Waals surface area contributed by atoms with E-state index in [1.807, 2.05) is 47.1 Å². The molecule has 3 heterocycles. The van der Waals surface area contributed by atoms with Crippen LogP contribution in [0.1, 0.15) is 16.8 Å². The smallest absolute Gasteiger partial charge is 0.184 e. The minimum atomic E-state index is 0.619. The van der Waals surface area contributed by atoms with Gasteiger partial charge in [-0.1, -0.05) is 47.1 Å². The third-order valence-electron chi connectivity index (χ3n) is 4.51. The second-order valence-electron chi connectivity index (χ2n) is 6.20. The number of rotatable bonds is 3. The van der Waals surface area contributed by atoms with Crippen molar-refractivity contribution in [2.45, 2.75) is 6.54 Å². The Labute approximate surface area is 155 Å². The van der Waals surface area contributed by atoms with Crippen LogP contribution in [-0.2, 0) is 6.54 Å². The molecule has 6 nitrogen and oxygen atoms in total. The van der Waals surface area contributed by atoms with E-state index >= 15 is 0 Å². The van der Waals surface area contributed by atoms with Crippen molar-refractivity contribution in [3.8, 4) is 0 Å². The van der Waals surface area contributed by atoms with Gasteiger partial charge in [0.15, 0.2) is 17.3 Å².